The van der Waals surface area contributed by atoms with Crippen LogP contribution in [0.2, 0.25) is 0 Å². The molecule has 0 bridgehead atoms. The van der Waals surface area contributed by atoms with Crippen LogP contribution < -0.4 is 5.32 Å². The summed E-state index contributed by atoms with van der Waals surface area (Å²) >= 11 is 0. The van der Waals surface area contributed by atoms with Gasteiger partial charge in [0.25, 0.3) is 5.91 Å². The van der Waals surface area contributed by atoms with Crippen molar-refractivity contribution < 1.29 is 14.1 Å². The van der Waals surface area contributed by atoms with Crippen LogP contribution in [0, 0.1) is 6.92 Å². The Morgan fingerprint density at radius 1 is 1.28 bits per heavy atom. The van der Waals surface area contributed by atoms with E-state index in [9.17, 15) is 4.79 Å². The van der Waals surface area contributed by atoms with Gasteiger partial charge in [-0.05, 0) is 30.7 Å². The third kappa shape index (κ3) is 3.93. The van der Waals surface area contributed by atoms with Crippen molar-refractivity contribution in [3.05, 3.63) is 41.1 Å². The highest BCUT2D eigenvalue weighted by Crippen LogP contribution is 2.29. The summed E-state index contributed by atoms with van der Waals surface area (Å²) in [6.07, 6.45) is 2.15. The molecule has 5 nitrogen and oxygen atoms in total. The van der Waals surface area contributed by atoms with E-state index >= 15 is 0 Å². The van der Waals surface area contributed by atoms with Crippen molar-refractivity contribution in [2.75, 3.05) is 13.2 Å². The lowest BCUT2D eigenvalue weighted by Crippen LogP contribution is -2.32. The Morgan fingerprint density at radius 2 is 2.00 bits per heavy atom. The van der Waals surface area contributed by atoms with Crippen LogP contribution in [0.5, 0.6) is 0 Å². The number of ether oxygens (including phenoxy) is 1. The number of rotatable bonds is 4. The highest BCUT2D eigenvalue weighted by molar-refractivity contribution is 6.00. The molecule has 0 spiro atoms. The van der Waals surface area contributed by atoms with E-state index in [-0.39, 0.29) is 17.4 Å². The summed E-state index contributed by atoms with van der Waals surface area (Å²) in [6, 6.07) is 8.11. The monoisotopic (exact) mass is 342 g/mol. The first kappa shape index (κ1) is 17.7. The van der Waals surface area contributed by atoms with Gasteiger partial charge in [-0.15, -0.1) is 0 Å². The van der Waals surface area contributed by atoms with E-state index in [0.717, 1.165) is 25.0 Å². The van der Waals surface area contributed by atoms with Crippen LogP contribution in [-0.4, -0.2) is 30.3 Å². The first-order valence-corrected chi connectivity index (χ1v) is 8.83. The number of amides is 1. The predicted octanol–water partition coefficient (Wildman–Crippen LogP) is 3.86. The van der Waals surface area contributed by atoms with E-state index in [1.807, 2.05) is 12.1 Å². The SMILES string of the molecule is Cc1noc(-c2ccc(C(C)(C)C)cc2)c1C(=O)NC[C@@H]1CCCO1. The van der Waals surface area contributed by atoms with Gasteiger partial charge < -0.3 is 14.6 Å². The number of nitrogens with zero attached hydrogens (tertiary/aromatic N) is 1. The van der Waals surface area contributed by atoms with Crippen LogP contribution in [0.25, 0.3) is 11.3 Å². The second-order valence-corrected chi connectivity index (χ2v) is 7.64. The molecule has 1 atom stereocenters. The number of nitrogens with one attached hydrogen (secondary N) is 1. The van der Waals surface area contributed by atoms with Gasteiger partial charge in [0.1, 0.15) is 5.56 Å². The van der Waals surface area contributed by atoms with Gasteiger partial charge in [-0.3, -0.25) is 4.79 Å². The van der Waals surface area contributed by atoms with Crippen molar-refractivity contribution in [2.45, 2.75) is 52.1 Å². The molecule has 1 aliphatic heterocycles. The molecule has 3 rings (SSSR count). The summed E-state index contributed by atoms with van der Waals surface area (Å²) in [4.78, 5) is 12.6. The Hall–Kier alpha value is -2.14. The second kappa shape index (κ2) is 7.00. The van der Waals surface area contributed by atoms with Gasteiger partial charge in [-0.2, -0.15) is 0 Å². The number of carbonyl (C=O) groups is 1. The fraction of sp³-hybridized carbons (Fsp3) is 0.500. The van der Waals surface area contributed by atoms with Crippen molar-refractivity contribution in [1.82, 2.24) is 10.5 Å². The van der Waals surface area contributed by atoms with Crippen LogP contribution in [0.3, 0.4) is 0 Å². The van der Waals surface area contributed by atoms with Crippen molar-refractivity contribution in [3.8, 4) is 11.3 Å². The number of hydrogen-bond donors (Lipinski definition) is 1. The molecule has 1 N–H and O–H groups in total. The Kier molecular flexibility index (Phi) is 4.95. The minimum atomic E-state index is -0.163. The van der Waals surface area contributed by atoms with E-state index in [2.05, 4.69) is 43.4 Å². The molecule has 1 aliphatic rings. The van der Waals surface area contributed by atoms with Gasteiger partial charge in [0.15, 0.2) is 5.76 Å². The van der Waals surface area contributed by atoms with E-state index in [1.54, 1.807) is 6.92 Å². The molecule has 1 fully saturated rings. The minimum Gasteiger partial charge on any atom is -0.376 e. The van der Waals surface area contributed by atoms with E-state index in [0.29, 0.717) is 23.6 Å². The number of aromatic nitrogens is 1. The Morgan fingerprint density at radius 3 is 2.60 bits per heavy atom. The maximum Gasteiger partial charge on any atom is 0.257 e. The number of hydrogen-bond acceptors (Lipinski definition) is 4. The van der Waals surface area contributed by atoms with E-state index in [1.165, 1.54) is 5.56 Å². The average Bonchev–Trinajstić information content (AvgIpc) is 3.21. The van der Waals surface area contributed by atoms with Crippen LogP contribution in [0.15, 0.2) is 28.8 Å². The Balaban J connectivity index is 1.80. The second-order valence-electron chi connectivity index (χ2n) is 7.64. The van der Waals surface area contributed by atoms with Crippen LogP contribution in [0.4, 0.5) is 0 Å². The molecule has 1 aromatic carbocycles. The first-order valence-electron chi connectivity index (χ1n) is 8.83. The Bertz CT molecular complexity index is 735. The van der Waals surface area contributed by atoms with Crippen LogP contribution in [0.1, 0.15) is 55.2 Å². The zero-order valence-electron chi connectivity index (χ0n) is 15.4. The lowest BCUT2D eigenvalue weighted by atomic mass is 9.86. The summed E-state index contributed by atoms with van der Waals surface area (Å²) in [5, 5.41) is 6.95. The molecule has 0 saturated carbocycles. The molecule has 1 amide bonds. The lowest BCUT2D eigenvalue weighted by molar-refractivity contribution is 0.0857. The molecular formula is C20H26N2O3. The number of aryl methyl sites for hydroxylation is 1. The summed E-state index contributed by atoms with van der Waals surface area (Å²) in [7, 11) is 0. The van der Waals surface area contributed by atoms with Crippen molar-refractivity contribution >= 4 is 5.91 Å². The van der Waals surface area contributed by atoms with E-state index in [4.69, 9.17) is 9.26 Å². The van der Waals surface area contributed by atoms with Crippen LogP contribution in [-0.2, 0) is 10.2 Å². The summed E-state index contributed by atoms with van der Waals surface area (Å²) in [5.41, 5.74) is 3.27. The lowest BCUT2D eigenvalue weighted by Gasteiger charge is -2.19. The standard InChI is InChI=1S/C20H26N2O3/c1-13-17(19(23)21-12-16-6-5-11-24-16)18(25-22-13)14-7-9-15(10-8-14)20(2,3)4/h7-10,16H,5-6,11-12H2,1-4H3,(H,21,23)/t16-/m0/s1. The molecule has 0 unspecified atom stereocenters. The molecule has 0 radical (unpaired) electrons. The fourth-order valence-electron chi connectivity index (χ4n) is 3.06. The quantitative estimate of drug-likeness (QED) is 0.916. The maximum atomic E-state index is 12.6. The predicted molar refractivity (Wildman–Crippen MR) is 96.7 cm³/mol. The topological polar surface area (TPSA) is 64.4 Å². The highest BCUT2D eigenvalue weighted by atomic mass is 16.5. The molecule has 1 saturated heterocycles. The van der Waals surface area contributed by atoms with Crippen molar-refractivity contribution in [2.24, 2.45) is 0 Å². The summed E-state index contributed by atoms with van der Waals surface area (Å²) < 4.78 is 11.0. The van der Waals surface area contributed by atoms with Gasteiger partial charge in [-0.1, -0.05) is 50.2 Å². The van der Waals surface area contributed by atoms with Gasteiger partial charge in [0, 0.05) is 18.7 Å². The van der Waals surface area contributed by atoms with Crippen molar-refractivity contribution in [1.29, 1.82) is 0 Å². The minimum absolute atomic E-state index is 0.0807. The van der Waals surface area contributed by atoms with Gasteiger partial charge in [-0.25, -0.2) is 0 Å². The molecule has 2 aromatic rings. The molecule has 1 aromatic heterocycles. The highest BCUT2D eigenvalue weighted by Gasteiger charge is 2.24. The maximum absolute atomic E-state index is 12.6. The molecule has 25 heavy (non-hydrogen) atoms. The van der Waals surface area contributed by atoms with E-state index < -0.39 is 0 Å². The average molecular weight is 342 g/mol. The zero-order valence-corrected chi connectivity index (χ0v) is 15.4. The number of benzene rings is 1. The molecule has 134 valence electrons. The number of carbonyl (C=O) groups excluding carboxylic acids is 1. The Labute approximate surface area is 148 Å². The van der Waals surface area contributed by atoms with Gasteiger partial charge in [0.05, 0.1) is 11.8 Å². The molecular weight excluding hydrogens is 316 g/mol. The molecule has 0 aliphatic carbocycles. The van der Waals surface area contributed by atoms with Gasteiger partial charge >= 0.3 is 0 Å². The normalized spacial score (nSPS) is 17.7. The molecule has 5 heteroatoms. The fourth-order valence-corrected chi connectivity index (χ4v) is 3.06. The van der Waals surface area contributed by atoms with Crippen molar-refractivity contribution in [3.63, 3.8) is 0 Å². The van der Waals surface area contributed by atoms with Crippen LogP contribution >= 0.6 is 0 Å². The summed E-state index contributed by atoms with van der Waals surface area (Å²) in [6.45, 7) is 9.60. The van der Waals surface area contributed by atoms with Gasteiger partial charge in [0.2, 0.25) is 0 Å². The largest absolute Gasteiger partial charge is 0.376 e. The molecule has 2 heterocycles. The zero-order chi connectivity index (χ0) is 18.0. The third-order valence-corrected chi connectivity index (χ3v) is 4.62. The third-order valence-electron chi connectivity index (χ3n) is 4.62. The first-order chi connectivity index (χ1) is 11.9. The smallest absolute Gasteiger partial charge is 0.257 e. The summed E-state index contributed by atoms with van der Waals surface area (Å²) in [5.74, 6) is 0.354.